The largest absolute Gasteiger partial charge is 0.496 e. The van der Waals surface area contributed by atoms with Gasteiger partial charge in [-0.05, 0) is 25.1 Å². The molecule has 0 amide bonds. The summed E-state index contributed by atoms with van der Waals surface area (Å²) in [6.45, 7) is 2.01. The molecule has 0 bridgehead atoms. The molecule has 1 aromatic rings. The van der Waals surface area contributed by atoms with Gasteiger partial charge < -0.3 is 15.2 Å². The Morgan fingerprint density at radius 3 is 2.81 bits per heavy atom. The first kappa shape index (κ1) is 12.8. The van der Waals surface area contributed by atoms with Gasteiger partial charge in [-0.25, -0.2) is 4.79 Å². The van der Waals surface area contributed by atoms with Crippen LogP contribution >= 0.6 is 11.6 Å². The highest BCUT2D eigenvalue weighted by atomic mass is 35.5. The third-order valence-electron chi connectivity index (χ3n) is 2.07. The van der Waals surface area contributed by atoms with Crippen molar-refractivity contribution in [1.82, 2.24) is 0 Å². The number of ether oxygens (including phenoxy) is 2. The van der Waals surface area contributed by atoms with Crippen molar-refractivity contribution in [2.24, 2.45) is 5.73 Å². The number of hydrogen-bond donors (Lipinski definition) is 1. The Hall–Kier alpha value is -1.26. The van der Waals surface area contributed by atoms with E-state index < -0.39 is 12.0 Å². The van der Waals surface area contributed by atoms with Crippen LogP contribution in [0.3, 0.4) is 0 Å². The van der Waals surface area contributed by atoms with Crippen LogP contribution in [0.1, 0.15) is 18.5 Å². The van der Waals surface area contributed by atoms with Crippen molar-refractivity contribution >= 4 is 17.6 Å². The lowest BCUT2D eigenvalue weighted by Gasteiger charge is -2.14. The monoisotopic (exact) mass is 243 g/mol. The van der Waals surface area contributed by atoms with E-state index in [1.54, 1.807) is 25.1 Å². The Bertz CT molecular complexity index is 381. The predicted octanol–water partition coefficient (Wildman–Crippen LogP) is 1.91. The van der Waals surface area contributed by atoms with Gasteiger partial charge in [-0.15, -0.1) is 0 Å². The Balaban J connectivity index is 3.01. The molecule has 1 atom stereocenters. The quantitative estimate of drug-likeness (QED) is 0.821. The lowest BCUT2D eigenvalue weighted by molar-refractivity contribution is -0.144. The Morgan fingerprint density at radius 1 is 1.56 bits per heavy atom. The average molecular weight is 244 g/mol. The van der Waals surface area contributed by atoms with Gasteiger partial charge in [0.2, 0.25) is 0 Å². The molecule has 0 aliphatic carbocycles. The van der Waals surface area contributed by atoms with Crippen molar-refractivity contribution in [2.45, 2.75) is 13.0 Å². The summed E-state index contributed by atoms with van der Waals surface area (Å²) in [6.07, 6.45) is 0. The highest BCUT2D eigenvalue weighted by Gasteiger charge is 2.21. The second-order valence-electron chi connectivity index (χ2n) is 3.12. The number of benzene rings is 1. The fourth-order valence-electron chi connectivity index (χ4n) is 1.31. The summed E-state index contributed by atoms with van der Waals surface area (Å²) in [6, 6.07) is 4.05. The van der Waals surface area contributed by atoms with E-state index in [0.717, 1.165) is 0 Å². The smallest absolute Gasteiger partial charge is 0.327 e. The summed E-state index contributed by atoms with van der Waals surface area (Å²) < 4.78 is 9.94. The topological polar surface area (TPSA) is 61.5 Å². The third-order valence-corrected chi connectivity index (χ3v) is 2.30. The molecule has 16 heavy (non-hydrogen) atoms. The summed E-state index contributed by atoms with van der Waals surface area (Å²) in [7, 11) is 1.50. The molecule has 88 valence electrons. The first-order valence-electron chi connectivity index (χ1n) is 4.85. The Labute approximate surface area is 99.3 Å². The van der Waals surface area contributed by atoms with Crippen LogP contribution in [-0.2, 0) is 9.53 Å². The molecule has 1 unspecified atom stereocenters. The molecule has 0 aromatic heterocycles. The summed E-state index contributed by atoms with van der Waals surface area (Å²) >= 11 is 5.84. The molecule has 1 rings (SSSR count). The minimum Gasteiger partial charge on any atom is -0.496 e. The van der Waals surface area contributed by atoms with Gasteiger partial charge in [0.1, 0.15) is 11.8 Å². The van der Waals surface area contributed by atoms with E-state index in [0.29, 0.717) is 16.3 Å². The van der Waals surface area contributed by atoms with Crippen molar-refractivity contribution < 1.29 is 14.3 Å². The summed E-state index contributed by atoms with van der Waals surface area (Å²) in [5.74, 6) is 0.0213. The van der Waals surface area contributed by atoms with Crippen molar-refractivity contribution in [3.63, 3.8) is 0 Å². The fourth-order valence-corrected chi connectivity index (χ4v) is 1.49. The number of hydrogen-bond acceptors (Lipinski definition) is 4. The molecule has 5 heteroatoms. The number of carbonyl (C=O) groups excluding carboxylic acids is 1. The maximum absolute atomic E-state index is 11.5. The zero-order chi connectivity index (χ0) is 12.1. The van der Waals surface area contributed by atoms with Gasteiger partial charge in [-0.3, -0.25) is 0 Å². The molecule has 0 saturated heterocycles. The Kier molecular flexibility index (Phi) is 4.58. The molecule has 0 spiro atoms. The van der Waals surface area contributed by atoms with Crippen molar-refractivity contribution in [3.8, 4) is 5.75 Å². The molecule has 0 saturated carbocycles. The van der Waals surface area contributed by atoms with Gasteiger partial charge >= 0.3 is 5.97 Å². The van der Waals surface area contributed by atoms with E-state index in [-0.39, 0.29) is 6.61 Å². The normalized spacial score (nSPS) is 12.0. The number of halogens is 1. The lowest BCUT2D eigenvalue weighted by atomic mass is 10.1. The maximum Gasteiger partial charge on any atom is 0.327 e. The number of carbonyl (C=O) groups is 1. The van der Waals surface area contributed by atoms with Crippen molar-refractivity contribution in [2.75, 3.05) is 13.7 Å². The second-order valence-corrected chi connectivity index (χ2v) is 3.55. The molecular weight excluding hydrogens is 230 g/mol. The van der Waals surface area contributed by atoms with Crippen LogP contribution in [0.4, 0.5) is 0 Å². The minimum atomic E-state index is -0.881. The lowest BCUT2D eigenvalue weighted by Crippen LogP contribution is -2.24. The summed E-state index contributed by atoms with van der Waals surface area (Å²) in [4.78, 5) is 11.5. The van der Waals surface area contributed by atoms with Crippen molar-refractivity contribution in [1.29, 1.82) is 0 Å². The van der Waals surface area contributed by atoms with Gasteiger partial charge in [-0.2, -0.15) is 0 Å². The SMILES string of the molecule is CCOC(=O)C(N)c1cc(Cl)ccc1OC. The van der Waals surface area contributed by atoms with Crippen LogP contribution in [0.15, 0.2) is 18.2 Å². The van der Waals surface area contributed by atoms with Gasteiger partial charge in [0.15, 0.2) is 0 Å². The summed E-state index contributed by atoms with van der Waals surface area (Å²) in [5, 5.41) is 0.496. The molecule has 0 aliphatic heterocycles. The zero-order valence-corrected chi connectivity index (χ0v) is 9.95. The van der Waals surface area contributed by atoms with E-state index in [9.17, 15) is 4.79 Å². The molecule has 0 aliphatic rings. The van der Waals surface area contributed by atoms with E-state index in [1.165, 1.54) is 7.11 Å². The number of methoxy groups -OCH3 is 1. The number of nitrogens with two attached hydrogens (primary N) is 1. The standard InChI is InChI=1S/C11H14ClNO3/c1-3-16-11(14)10(13)8-6-7(12)4-5-9(8)15-2/h4-6,10H,3,13H2,1-2H3. The van der Waals surface area contributed by atoms with Crippen LogP contribution in [0.2, 0.25) is 5.02 Å². The third kappa shape index (κ3) is 2.87. The van der Waals surface area contributed by atoms with Crippen molar-refractivity contribution in [3.05, 3.63) is 28.8 Å². The fraction of sp³-hybridized carbons (Fsp3) is 0.364. The highest BCUT2D eigenvalue weighted by Crippen LogP contribution is 2.27. The average Bonchev–Trinajstić information content (AvgIpc) is 2.28. The Morgan fingerprint density at radius 2 is 2.25 bits per heavy atom. The molecule has 2 N–H and O–H groups in total. The number of rotatable bonds is 4. The molecule has 0 radical (unpaired) electrons. The minimum absolute atomic E-state index is 0.287. The van der Waals surface area contributed by atoms with Crippen LogP contribution < -0.4 is 10.5 Å². The van der Waals surface area contributed by atoms with Gasteiger partial charge in [0, 0.05) is 10.6 Å². The van der Waals surface area contributed by atoms with Crippen LogP contribution in [0.25, 0.3) is 0 Å². The second kappa shape index (κ2) is 5.72. The molecule has 0 fully saturated rings. The molecule has 4 nitrogen and oxygen atoms in total. The summed E-state index contributed by atoms with van der Waals surface area (Å²) in [5.41, 5.74) is 6.28. The van der Waals surface area contributed by atoms with Crippen LogP contribution in [0, 0.1) is 0 Å². The maximum atomic E-state index is 11.5. The molecule has 1 aromatic carbocycles. The van der Waals surface area contributed by atoms with Gasteiger partial charge in [0.05, 0.1) is 13.7 Å². The van der Waals surface area contributed by atoms with Gasteiger partial charge in [0.25, 0.3) is 0 Å². The molecule has 0 heterocycles. The number of esters is 1. The zero-order valence-electron chi connectivity index (χ0n) is 9.20. The first-order chi connectivity index (χ1) is 7.60. The van der Waals surface area contributed by atoms with E-state index in [2.05, 4.69) is 0 Å². The first-order valence-corrected chi connectivity index (χ1v) is 5.23. The predicted molar refractivity (Wildman–Crippen MR) is 61.6 cm³/mol. The van der Waals surface area contributed by atoms with E-state index in [4.69, 9.17) is 26.8 Å². The van der Waals surface area contributed by atoms with E-state index >= 15 is 0 Å². The van der Waals surface area contributed by atoms with Gasteiger partial charge in [-0.1, -0.05) is 11.6 Å². The molecular formula is C11H14ClNO3. The van der Waals surface area contributed by atoms with Crippen LogP contribution in [0.5, 0.6) is 5.75 Å². The van der Waals surface area contributed by atoms with E-state index in [1.807, 2.05) is 0 Å². The highest BCUT2D eigenvalue weighted by molar-refractivity contribution is 6.30. The van der Waals surface area contributed by atoms with Crippen LogP contribution in [-0.4, -0.2) is 19.7 Å².